The van der Waals surface area contributed by atoms with Crippen molar-refractivity contribution in [2.24, 2.45) is 0 Å². The zero-order chi connectivity index (χ0) is 41.2. The van der Waals surface area contributed by atoms with E-state index in [9.17, 15) is 0 Å². The van der Waals surface area contributed by atoms with Crippen LogP contribution >= 0.6 is 0 Å². The van der Waals surface area contributed by atoms with E-state index in [4.69, 9.17) is 19.9 Å². The number of benzene rings is 9. The quantitative estimate of drug-likeness (QED) is 0.144. The van der Waals surface area contributed by atoms with Crippen molar-refractivity contribution >= 4 is 21.7 Å². The molecule has 0 saturated carbocycles. The number of rotatable bonds is 8. The molecule has 9 aromatic carbocycles. The number of fused-ring (bicyclic) bond motifs is 3. The van der Waals surface area contributed by atoms with E-state index in [-0.39, 0.29) is 0 Å². The molecule has 2 heterocycles. The van der Waals surface area contributed by atoms with Gasteiger partial charge >= 0.3 is 0 Å². The number of hydrogen-bond acceptors (Lipinski definition) is 4. The lowest BCUT2D eigenvalue weighted by atomic mass is 9.91. The van der Waals surface area contributed by atoms with Crippen molar-refractivity contribution in [2.75, 3.05) is 0 Å². The van der Waals surface area contributed by atoms with Crippen molar-refractivity contribution in [1.82, 2.24) is 19.9 Å². The van der Waals surface area contributed by atoms with E-state index in [2.05, 4.69) is 212 Å². The molecule has 0 aliphatic heterocycles. The van der Waals surface area contributed by atoms with Crippen LogP contribution in [0.15, 0.2) is 231 Å². The van der Waals surface area contributed by atoms with Gasteiger partial charge in [0, 0.05) is 38.4 Å². The molecule has 11 aromatic rings. The first-order chi connectivity index (χ1) is 30.7. The molecule has 4 heteroatoms. The smallest absolute Gasteiger partial charge is 0.164 e. The molecule has 0 radical (unpaired) electrons. The lowest BCUT2D eigenvalue weighted by Gasteiger charge is -2.15. The van der Waals surface area contributed by atoms with Gasteiger partial charge in [0.25, 0.3) is 0 Å². The molecule has 0 unspecified atom stereocenters. The van der Waals surface area contributed by atoms with E-state index in [1.165, 1.54) is 16.5 Å². The molecule has 290 valence electrons. The highest BCUT2D eigenvalue weighted by Crippen LogP contribution is 2.40. The standard InChI is InChI=1S/C58H38N4/c1-5-16-39(17-6-1)45-24-13-26-48(36-45)57-60-56(61-58(62-57)49-27-14-25-46(37-49)40-18-7-2-8-19-40)44-32-30-41(31-33-44)47-34-35-53-52(38-47)54-50(42-20-9-3-10-21-42)28-15-29-51(54)55(59-53)43-22-11-4-12-23-43/h1-38H. The Kier molecular flexibility index (Phi) is 9.49. The van der Waals surface area contributed by atoms with Crippen molar-refractivity contribution < 1.29 is 0 Å². The molecular weight excluding hydrogens is 753 g/mol. The number of pyridine rings is 1. The first-order valence-corrected chi connectivity index (χ1v) is 20.9. The Hall–Kier alpha value is -8.34. The van der Waals surface area contributed by atoms with Gasteiger partial charge in [-0.3, -0.25) is 0 Å². The van der Waals surface area contributed by atoms with Crippen molar-refractivity contribution in [1.29, 1.82) is 0 Å². The van der Waals surface area contributed by atoms with Crippen LogP contribution in [0.25, 0.3) is 112 Å². The molecule has 0 fully saturated rings. The first-order valence-electron chi connectivity index (χ1n) is 20.9. The van der Waals surface area contributed by atoms with Gasteiger partial charge in [-0.05, 0) is 68.8 Å². The molecule has 11 rings (SSSR count). The minimum atomic E-state index is 0.612. The Morgan fingerprint density at radius 1 is 0.226 bits per heavy atom. The zero-order valence-corrected chi connectivity index (χ0v) is 33.7. The minimum Gasteiger partial charge on any atom is -0.247 e. The van der Waals surface area contributed by atoms with Gasteiger partial charge in [0.1, 0.15) is 0 Å². The normalized spacial score (nSPS) is 11.2. The van der Waals surface area contributed by atoms with E-state index in [1.807, 2.05) is 18.2 Å². The van der Waals surface area contributed by atoms with Gasteiger partial charge in [-0.25, -0.2) is 19.9 Å². The summed E-state index contributed by atoms with van der Waals surface area (Å²) < 4.78 is 0. The van der Waals surface area contributed by atoms with Crippen LogP contribution in [-0.4, -0.2) is 19.9 Å². The summed E-state index contributed by atoms with van der Waals surface area (Å²) in [6.45, 7) is 0. The van der Waals surface area contributed by atoms with Crippen molar-refractivity contribution in [3.05, 3.63) is 231 Å². The topological polar surface area (TPSA) is 51.6 Å². The van der Waals surface area contributed by atoms with Gasteiger partial charge in [0.15, 0.2) is 17.5 Å². The molecule has 62 heavy (non-hydrogen) atoms. The summed E-state index contributed by atoms with van der Waals surface area (Å²) in [6.07, 6.45) is 0. The summed E-state index contributed by atoms with van der Waals surface area (Å²) in [5, 5.41) is 3.43. The van der Waals surface area contributed by atoms with E-state index in [0.29, 0.717) is 17.5 Å². The summed E-state index contributed by atoms with van der Waals surface area (Å²) in [5.41, 5.74) is 14.8. The maximum atomic E-state index is 5.29. The maximum Gasteiger partial charge on any atom is 0.164 e. The largest absolute Gasteiger partial charge is 0.247 e. The Morgan fingerprint density at radius 3 is 1.19 bits per heavy atom. The van der Waals surface area contributed by atoms with Gasteiger partial charge in [-0.15, -0.1) is 0 Å². The first kappa shape index (κ1) is 36.7. The minimum absolute atomic E-state index is 0.612. The number of hydrogen-bond donors (Lipinski definition) is 0. The monoisotopic (exact) mass is 790 g/mol. The third-order valence-corrected chi connectivity index (χ3v) is 11.5. The molecule has 4 nitrogen and oxygen atoms in total. The summed E-state index contributed by atoms with van der Waals surface area (Å²) in [7, 11) is 0. The number of aromatic nitrogens is 4. The van der Waals surface area contributed by atoms with E-state index in [0.717, 1.165) is 77.6 Å². The molecule has 0 amide bonds. The second-order valence-corrected chi connectivity index (χ2v) is 15.4. The average molecular weight is 791 g/mol. The van der Waals surface area contributed by atoms with E-state index < -0.39 is 0 Å². The lowest BCUT2D eigenvalue weighted by Crippen LogP contribution is -2.00. The molecule has 0 bridgehead atoms. The number of nitrogens with zero attached hydrogens (tertiary/aromatic N) is 4. The molecule has 0 saturated heterocycles. The fraction of sp³-hybridized carbons (Fsp3) is 0. The van der Waals surface area contributed by atoms with Gasteiger partial charge in [0.2, 0.25) is 0 Å². The van der Waals surface area contributed by atoms with Crippen LogP contribution in [-0.2, 0) is 0 Å². The second-order valence-electron chi connectivity index (χ2n) is 15.4. The Balaban J connectivity index is 1.02. The fourth-order valence-electron chi connectivity index (χ4n) is 8.42. The highest BCUT2D eigenvalue weighted by molar-refractivity contribution is 6.17. The molecule has 0 spiro atoms. The highest BCUT2D eigenvalue weighted by Gasteiger charge is 2.17. The predicted molar refractivity (Wildman–Crippen MR) is 256 cm³/mol. The summed E-state index contributed by atoms with van der Waals surface area (Å²) >= 11 is 0. The fourth-order valence-corrected chi connectivity index (χ4v) is 8.42. The van der Waals surface area contributed by atoms with Gasteiger partial charge in [0.05, 0.1) is 11.2 Å². The van der Waals surface area contributed by atoms with Crippen LogP contribution in [0.1, 0.15) is 0 Å². The van der Waals surface area contributed by atoms with Crippen LogP contribution in [0, 0.1) is 0 Å². The van der Waals surface area contributed by atoms with Crippen molar-refractivity contribution in [2.45, 2.75) is 0 Å². The van der Waals surface area contributed by atoms with Crippen LogP contribution in [0.4, 0.5) is 0 Å². The molecule has 0 N–H and O–H groups in total. The second kappa shape index (κ2) is 16.0. The summed E-state index contributed by atoms with van der Waals surface area (Å²) in [6, 6.07) is 80.5. The molecular formula is C58H38N4. The highest BCUT2D eigenvalue weighted by atomic mass is 15.0. The third-order valence-electron chi connectivity index (χ3n) is 11.5. The van der Waals surface area contributed by atoms with Crippen LogP contribution < -0.4 is 0 Å². The van der Waals surface area contributed by atoms with Crippen LogP contribution in [0.5, 0.6) is 0 Å². The Labute approximate surface area is 360 Å². The lowest BCUT2D eigenvalue weighted by molar-refractivity contribution is 1.07. The zero-order valence-electron chi connectivity index (χ0n) is 33.7. The predicted octanol–water partition coefficient (Wildman–Crippen LogP) is 14.9. The van der Waals surface area contributed by atoms with Gasteiger partial charge in [-0.2, -0.15) is 0 Å². The summed E-state index contributed by atoms with van der Waals surface area (Å²) in [5.74, 6) is 1.85. The SMILES string of the molecule is c1ccc(-c2cccc(-c3nc(-c4ccc(-c5ccc6nc(-c7ccccc7)c7cccc(-c8ccccc8)c7c6c5)cc4)nc(-c4cccc(-c5ccccc5)c4)n3)c2)cc1. The Morgan fingerprint density at radius 2 is 0.629 bits per heavy atom. The van der Waals surface area contributed by atoms with Gasteiger partial charge < -0.3 is 0 Å². The van der Waals surface area contributed by atoms with Crippen LogP contribution in [0.2, 0.25) is 0 Å². The average Bonchev–Trinajstić information content (AvgIpc) is 3.37. The van der Waals surface area contributed by atoms with Gasteiger partial charge in [-0.1, -0.05) is 206 Å². The summed E-state index contributed by atoms with van der Waals surface area (Å²) in [4.78, 5) is 20.7. The van der Waals surface area contributed by atoms with Crippen molar-refractivity contribution in [3.8, 4) is 89.9 Å². The Bertz CT molecular complexity index is 3270. The van der Waals surface area contributed by atoms with Crippen molar-refractivity contribution in [3.63, 3.8) is 0 Å². The van der Waals surface area contributed by atoms with E-state index >= 15 is 0 Å². The molecule has 0 atom stereocenters. The molecule has 0 aliphatic rings. The third kappa shape index (κ3) is 7.10. The molecule has 2 aromatic heterocycles. The maximum absolute atomic E-state index is 5.29. The van der Waals surface area contributed by atoms with Crippen LogP contribution in [0.3, 0.4) is 0 Å². The molecule has 0 aliphatic carbocycles. The van der Waals surface area contributed by atoms with E-state index in [1.54, 1.807) is 0 Å².